The zero-order valence-corrected chi connectivity index (χ0v) is 20.5. The van der Waals surface area contributed by atoms with E-state index in [-0.39, 0.29) is 31.5 Å². The summed E-state index contributed by atoms with van der Waals surface area (Å²) in [6.07, 6.45) is 2.68. The smallest absolute Gasteiger partial charge is 0.164 e. The fourth-order valence-electron chi connectivity index (χ4n) is 2.94. The van der Waals surface area contributed by atoms with Crippen LogP contribution in [0.5, 0.6) is 0 Å². The molecule has 0 unspecified atom stereocenters. The summed E-state index contributed by atoms with van der Waals surface area (Å²) in [6.45, 7) is 18.3. The van der Waals surface area contributed by atoms with Crippen molar-refractivity contribution in [3.63, 3.8) is 0 Å². The van der Waals surface area contributed by atoms with Crippen LogP contribution in [0.1, 0.15) is 61.8 Å². The molecule has 0 aliphatic carbocycles. The molecule has 2 saturated heterocycles. The first kappa shape index (κ1) is 31.8. The highest BCUT2D eigenvalue weighted by atomic mass is 33.1. The predicted octanol–water partition coefficient (Wildman–Crippen LogP) is 3.76. The fourth-order valence-corrected chi connectivity index (χ4v) is 2.94. The molecule has 176 valence electrons. The molecule has 0 amide bonds. The first-order valence-corrected chi connectivity index (χ1v) is 12.2. The molecule has 9 heteroatoms. The first-order chi connectivity index (χ1) is 13.4. The van der Waals surface area contributed by atoms with Crippen LogP contribution in [0, 0.1) is 0 Å². The third-order valence-corrected chi connectivity index (χ3v) is 4.22. The number of Topliss-reactive ketones (excluding diaryl/α,β-unsaturated/α-hetero) is 1. The quantitative estimate of drug-likeness (QED) is 0.574. The fraction of sp³-hybridized carbons (Fsp3) is 0.762. The van der Waals surface area contributed by atoms with E-state index in [4.69, 9.17) is 18.9 Å². The van der Waals surface area contributed by atoms with Gasteiger partial charge in [0.2, 0.25) is 0 Å². The summed E-state index contributed by atoms with van der Waals surface area (Å²) in [5, 5.41) is 9.64. The molecule has 0 aromatic rings. The van der Waals surface area contributed by atoms with E-state index in [1.54, 1.807) is 26.0 Å². The normalized spacial score (nSPS) is 29.0. The molecule has 0 aromatic heterocycles. The Morgan fingerprint density at radius 2 is 1.47 bits per heavy atom. The minimum atomic E-state index is -0.672. The summed E-state index contributed by atoms with van der Waals surface area (Å²) < 4.78 is 22.0. The minimum absolute atomic E-state index is 0. The van der Waals surface area contributed by atoms with E-state index in [1.807, 2.05) is 27.7 Å². The maximum atomic E-state index is 11.4. The monoisotopic (exact) mass is 482 g/mol. The van der Waals surface area contributed by atoms with Gasteiger partial charge in [-0.15, -0.1) is 13.2 Å². The number of carbonyl (C=O) groups is 1. The Bertz CT molecular complexity index is 587. The van der Waals surface area contributed by atoms with Crippen LogP contribution in [0.2, 0.25) is 0 Å². The molecular weight excluding hydrogens is 444 g/mol. The topological polar surface area (TPSA) is 74.2 Å². The molecule has 2 aliphatic rings. The number of ether oxygens (including phenoxy) is 4. The van der Waals surface area contributed by atoms with Gasteiger partial charge in [0.1, 0.15) is 24.4 Å². The predicted molar refractivity (Wildman–Crippen MR) is 128 cm³/mol. The number of hydrogen-bond acceptors (Lipinski definition) is 8. The van der Waals surface area contributed by atoms with E-state index < -0.39 is 23.8 Å². The van der Waals surface area contributed by atoms with E-state index in [0.717, 1.165) is 8.88 Å². The summed E-state index contributed by atoms with van der Waals surface area (Å²) in [5.41, 5.74) is 0. The van der Waals surface area contributed by atoms with Crippen molar-refractivity contribution in [2.45, 2.75) is 104 Å². The Hall–Kier alpha value is -0.390. The lowest BCUT2D eigenvalue weighted by Gasteiger charge is -2.19. The lowest BCUT2D eigenvalue weighted by atomic mass is 10.1. The average molecular weight is 483 g/mol. The molecule has 2 aliphatic heterocycles. The third kappa shape index (κ3) is 10.3. The van der Waals surface area contributed by atoms with Gasteiger partial charge in [0, 0.05) is 37.7 Å². The molecule has 1 N–H and O–H groups in total. The standard InChI is InChI=1S/C10H18O3.C10H16O3.CH4.S3/c2*1-5-7(11)9-8(6-2)12-10(3,4)13-9;;1-3-2/h6-9,11H,2,5H2,1,3-4H3;6,8-9H,2,5H2,1,3-4H3;1H4;/t7-,8+,9-;8-,9+;;/m10../s1. The van der Waals surface area contributed by atoms with E-state index in [1.165, 1.54) is 0 Å². The Balaban J connectivity index is 0. The van der Waals surface area contributed by atoms with Crippen LogP contribution < -0.4 is 0 Å². The SMILES string of the molecule is C.C=C[C@@H]1OC(C)(C)O[C@@H]1C(=O)CC.C=C[C@@H]1OC(C)(C)O[C@@H]1[C@H](O)CC.S=S=S. The van der Waals surface area contributed by atoms with Crippen molar-refractivity contribution in [2.24, 2.45) is 0 Å². The van der Waals surface area contributed by atoms with Crippen LogP contribution >= 0.6 is 0 Å². The van der Waals surface area contributed by atoms with Gasteiger partial charge in [-0.3, -0.25) is 4.79 Å². The summed E-state index contributed by atoms with van der Waals surface area (Å²) in [6, 6.07) is 0. The summed E-state index contributed by atoms with van der Waals surface area (Å²) in [7, 11) is 0.917. The average Bonchev–Trinajstić information content (AvgIpc) is 3.16. The highest BCUT2D eigenvalue weighted by Gasteiger charge is 2.43. The first-order valence-electron chi connectivity index (χ1n) is 9.50. The van der Waals surface area contributed by atoms with Gasteiger partial charge in [-0.2, -0.15) is 0 Å². The van der Waals surface area contributed by atoms with Crippen molar-refractivity contribution in [2.75, 3.05) is 0 Å². The molecule has 5 atom stereocenters. The number of aliphatic hydroxyl groups is 1. The lowest BCUT2D eigenvalue weighted by molar-refractivity contribution is -0.153. The Labute approximate surface area is 194 Å². The minimum Gasteiger partial charge on any atom is -0.390 e. The van der Waals surface area contributed by atoms with Crippen molar-refractivity contribution in [1.82, 2.24) is 0 Å². The van der Waals surface area contributed by atoms with Crippen LogP contribution in [-0.2, 0) is 55.0 Å². The van der Waals surface area contributed by atoms with Gasteiger partial charge >= 0.3 is 0 Å². The molecule has 2 fully saturated rings. The highest BCUT2D eigenvalue weighted by molar-refractivity contribution is 8.37. The molecule has 6 nitrogen and oxygen atoms in total. The van der Waals surface area contributed by atoms with E-state index in [9.17, 15) is 9.90 Å². The molecular formula is C21H38O6S3. The Morgan fingerprint density at radius 3 is 1.87 bits per heavy atom. The molecule has 0 spiro atoms. The maximum Gasteiger partial charge on any atom is 0.164 e. The number of rotatable bonds is 6. The van der Waals surface area contributed by atoms with E-state index >= 15 is 0 Å². The van der Waals surface area contributed by atoms with Crippen molar-refractivity contribution in [1.29, 1.82) is 0 Å². The van der Waals surface area contributed by atoms with Gasteiger partial charge in [-0.05, 0) is 34.1 Å². The second-order valence-corrected chi connectivity index (χ2v) is 9.19. The molecule has 0 radical (unpaired) electrons. The molecule has 0 bridgehead atoms. The highest BCUT2D eigenvalue weighted by Crippen LogP contribution is 2.31. The molecule has 0 saturated carbocycles. The van der Waals surface area contributed by atoms with Crippen LogP contribution in [-0.4, -0.2) is 53.0 Å². The van der Waals surface area contributed by atoms with E-state index in [0.29, 0.717) is 12.8 Å². The second kappa shape index (κ2) is 14.6. The lowest BCUT2D eigenvalue weighted by Crippen LogP contribution is -2.33. The van der Waals surface area contributed by atoms with Crippen molar-refractivity contribution >= 4 is 37.0 Å². The Kier molecular flexibility index (Phi) is 15.5. The maximum absolute atomic E-state index is 11.4. The summed E-state index contributed by atoms with van der Waals surface area (Å²) >= 11 is 8.25. The summed E-state index contributed by atoms with van der Waals surface area (Å²) in [5.74, 6) is -1.22. The van der Waals surface area contributed by atoms with Crippen LogP contribution in [0.25, 0.3) is 0 Å². The van der Waals surface area contributed by atoms with Gasteiger partial charge in [-0.25, -0.2) is 0 Å². The third-order valence-electron chi connectivity index (χ3n) is 4.22. The van der Waals surface area contributed by atoms with Crippen molar-refractivity contribution in [3.05, 3.63) is 25.3 Å². The number of hydrogen-bond donors (Lipinski definition) is 1. The largest absolute Gasteiger partial charge is 0.390 e. The van der Waals surface area contributed by atoms with Gasteiger partial charge in [0.05, 0.1) is 6.10 Å². The molecule has 2 heterocycles. The number of carbonyl (C=O) groups excluding carboxylic acids is 1. The zero-order valence-electron chi connectivity index (χ0n) is 18.1. The zero-order chi connectivity index (χ0) is 22.8. The number of ketones is 1. The van der Waals surface area contributed by atoms with Crippen molar-refractivity contribution in [3.8, 4) is 0 Å². The van der Waals surface area contributed by atoms with Gasteiger partial charge < -0.3 is 24.1 Å². The molecule has 0 aromatic carbocycles. The van der Waals surface area contributed by atoms with Crippen LogP contribution in [0.3, 0.4) is 0 Å². The van der Waals surface area contributed by atoms with E-state index in [2.05, 4.69) is 35.5 Å². The summed E-state index contributed by atoms with van der Waals surface area (Å²) in [4.78, 5) is 11.4. The van der Waals surface area contributed by atoms with Gasteiger partial charge in [-0.1, -0.05) is 33.4 Å². The van der Waals surface area contributed by atoms with Crippen LogP contribution in [0.15, 0.2) is 25.3 Å². The second-order valence-electron chi connectivity index (χ2n) is 7.42. The number of aliphatic hydroxyl groups excluding tert-OH is 1. The molecule has 30 heavy (non-hydrogen) atoms. The van der Waals surface area contributed by atoms with Crippen LogP contribution in [0.4, 0.5) is 0 Å². The van der Waals surface area contributed by atoms with Crippen molar-refractivity contribution < 1.29 is 28.8 Å². The van der Waals surface area contributed by atoms with Gasteiger partial charge in [0.25, 0.3) is 0 Å². The molecule has 2 rings (SSSR count). The Morgan fingerprint density at radius 1 is 1.03 bits per heavy atom. The van der Waals surface area contributed by atoms with Gasteiger partial charge in [0.15, 0.2) is 17.4 Å².